The second-order valence-corrected chi connectivity index (χ2v) is 7.11. The van der Waals surface area contributed by atoms with E-state index in [4.69, 9.17) is 17.3 Å². The van der Waals surface area contributed by atoms with Gasteiger partial charge in [0.25, 0.3) is 0 Å². The van der Waals surface area contributed by atoms with Crippen molar-refractivity contribution in [1.82, 2.24) is 9.80 Å². The molecule has 2 aliphatic heterocycles. The third-order valence-corrected chi connectivity index (χ3v) is 5.56. The molecule has 2 fully saturated rings. The topological polar surface area (TPSA) is 66.6 Å². The van der Waals surface area contributed by atoms with Gasteiger partial charge < -0.3 is 10.6 Å². The van der Waals surface area contributed by atoms with Crippen molar-refractivity contribution in [3.8, 4) is 0 Å². The van der Waals surface area contributed by atoms with E-state index >= 15 is 0 Å². The molecule has 1 atom stereocenters. The largest absolute Gasteiger partial charge is 0.369 e. The van der Waals surface area contributed by atoms with Gasteiger partial charge in [0.15, 0.2) is 0 Å². The summed E-state index contributed by atoms with van der Waals surface area (Å²) in [7, 11) is 0. The van der Waals surface area contributed by atoms with Crippen molar-refractivity contribution in [1.29, 1.82) is 0 Å². The molecule has 24 heavy (non-hydrogen) atoms. The first-order valence-electron chi connectivity index (χ1n) is 8.62. The summed E-state index contributed by atoms with van der Waals surface area (Å²) in [6, 6.07) is 8.09. The van der Waals surface area contributed by atoms with Gasteiger partial charge in [0.2, 0.25) is 11.8 Å². The van der Waals surface area contributed by atoms with Crippen LogP contribution in [0.15, 0.2) is 24.3 Å². The third-order valence-electron chi connectivity index (χ3n) is 5.22. The van der Waals surface area contributed by atoms with Gasteiger partial charge in [-0.05, 0) is 43.9 Å². The summed E-state index contributed by atoms with van der Waals surface area (Å²) in [5.74, 6) is -0.200. The van der Waals surface area contributed by atoms with Crippen molar-refractivity contribution >= 4 is 23.4 Å². The summed E-state index contributed by atoms with van der Waals surface area (Å²) in [5.41, 5.74) is 6.46. The van der Waals surface area contributed by atoms with Crippen LogP contribution in [0.4, 0.5) is 0 Å². The number of hydrogen-bond acceptors (Lipinski definition) is 3. The molecule has 5 nitrogen and oxygen atoms in total. The fraction of sp³-hybridized carbons (Fsp3) is 0.556. The van der Waals surface area contributed by atoms with E-state index in [1.807, 2.05) is 29.2 Å². The van der Waals surface area contributed by atoms with Crippen LogP contribution < -0.4 is 5.73 Å². The van der Waals surface area contributed by atoms with E-state index in [0.29, 0.717) is 32.5 Å². The highest BCUT2D eigenvalue weighted by molar-refractivity contribution is 6.31. The summed E-state index contributed by atoms with van der Waals surface area (Å²) in [6.07, 6.45) is 3.46. The number of amides is 2. The maximum atomic E-state index is 12.6. The number of hydrogen-bond donors (Lipinski definition) is 1. The molecular formula is C18H24ClN3O2. The lowest BCUT2D eigenvalue weighted by molar-refractivity contribution is -0.136. The van der Waals surface area contributed by atoms with Gasteiger partial charge in [-0.3, -0.25) is 14.5 Å². The predicted octanol–water partition coefficient (Wildman–Crippen LogP) is 2.20. The molecule has 6 heteroatoms. The number of likely N-dealkylation sites (tertiary alicyclic amines) is 2. The molecule has 0 spiro atoms. The maximum Gasteiger partial charge on any atom is 0.236 e. The first kappa shape index (κ1) is 17.2. The number of halogens is 1. The van der Waals surface area contributed by atoms with E-state index in [-0.39, 0.29) is 23.8 Å². The molecule has 130 valence electrons. The molecule has 0 aliphatic carbocycles. The van der Waals surface area contributed by atoms with E-state index in [0.717, 1.165) is 30.0 Å². The summed E-state index contributed by atoms with van der Waals surface area (Å²) in [6.45, 7) is 2.57. The monoisotopic (exact) mass is 349 g/mol. The van der Waals surface area contributed by atoms with Gasteiger partial charge in [-0.15, -0.1) is 0 Å². The number of rotatable bonds is 4. The average molecular weight is 350 g/mol. The van der Waals surface area contributed by atoms with Crippen LogP contribution in [0.25, 0.3) is 0 Å². The Morgan fingerprint density at radius 1 is 1.12 bits per heavy atom. The van der Waals surface area contributed by atoms with E-state index in [1.54, 1.807) is 0 Å². The zero-order valence-electron chi connectivity index (χ0n) is 13.8. The zero-order chi connectivity index (χ0) is 17.1. The second kappa shape index (κ2) is 7.53. The Labute approximate surface area is 147 Å². The third kappa shape index (κ3) is 3.73. The number of carbonyl (C=O) groups excluding carboxylic acids is 2. The zero-order valence-corrected chi connectivity index (χ0v) is 14.5. The Balaban J connectivity index is 1.60. The summed E-state index contributed by atoms with van der Waals surface area (Å²) < 4.78 is 0. The van der Waals surface area contributed by atoms with Crippen molar-refractivity contribution in [2.24, 2.45) is 11.7 Å². The van der Waals surface area contributed by atoms with E-state index < -0.39 is 0 Å². The lowest BCUT2D eigenvalue weighted by Crippen LogP contribution is -2.45. The molecule has 2 saturated heterocycles. The molecule has 2 N–H and O–H groups in total. The van der Waals surface area contributed by atoms with Crippen LogP contribution in [0.1, 0.15) is 37.3 Å². The highest BCUT2D eigenvalue weighted by Gasteiger charge is 2.31. The SMILES string of the molecule is NC(=O)C1CCN(C(=O)CN2CCC[C@@H]2c2ccccc2Cl)CC1. The Kier molecular flexibility index (Phi) is 5.41. The minimum absolute atomic E-state index is 0.0864. The number of nitrogens with two attached hydrogens (primary N) is 1. The number of primary amides is 1. The van der Waals surface area contributed by atoms with E-state index in [2.05, 4.69) is 4.90 Å². The molecular weight excluding hydrogens is 326 g/mol. The van der Waals surface area contributed by atoms with E-state index in [1.165, 1.54) is 0 Å². The summed E-state index contributed by atoms with van der Waals surface area (Å²) in [4.78, 5) is 28.0. The number of piperidine rings is 1. The van der Waals surface area contributed by atoms with E-state index in [9.17, 15) is 9.59 Å². The Hall–Kier alpha value is -1.59. The van der Waals surface area contributed by atoms with Gasteiger partial charge in [-0.2, -0.15) is 0 Å². The summed E-state index contributed by atoms with van der Waals surface area (Å²) in [5, 5.41) is 0.768. The molecule has 0 aromatic heterocycles. The smallest absolute Gasteiger partial charge is 0.236 e. The van der Waals surface area contributed by atoms with Crippen LogP contribution in [-0.4, -0.2) is 47.8 Å². The Bertz CT molecular complexity index is 614. The Morgan fingerprint density at radius 3 is 2.50 bits per heavy atom. The normalized spacial score (nSPS) is 22.7. The quantitative estimate of drug-likeness (QED) is 0.906. The molecule has 3 rings (SSSR count). The summed E-state index contributed by atoms with van der Waals surface area (Å²) >= 11 is 6.33. The van der Waals surface area contributed by atoms with Crippen molar-refractivity contribution in [2.75, 3.05) is 26.2 Å². The number of benzene rings is 1. The van der Waals surface area contributed by atoms with Gasteiger partial charge in [0.05, 0.1) is 6.54 Å². The molecule has 0 bridgehead atoms. The first-order chi connectivity index (χ1) is 11.6. The van der Waals surface area contributed by atoms with Crippen LogP contribution in [0.2, 0.25) is 5.02 Å². The van der Waals surface area contributed by atoms with Crippen LogP contribution in [0.3, 0.4) is 0 Å². The highest BCUT2D eigenvalue weighted by atomic mass is 35.5. The lowest BCUT2D eigenvalue weighted by atomic mass is 9.96. The van der Waals surface area contributed by atoms with Crippen molar-refractivity contribution in [3.05, 3.63) is 34.9 Å². The molecule has 2 heterocycles. The van der Waals surface area contributed by atoms with Crippen molar-refractivity contribution in [3.63, 3.8) is 0 Å². The molecule has 2 aliphatic rings. The van der Waals surface area contributed by atoms with Gasteiger partial charge in [0.1, 0.15) is 0 Å². The standard InChI is InChI=1S/C18H24ClN3O2/c19-15-5-2-1-4-14(15)16-6-3-9-22(16)12-17(23)21-10-7-13(8-11-21)18(20)24/h1-2,4-5,13,16H,3,6-12H2,(H2,20,24)/t16-/m1/s1. The van der Waals surface area contributed by atoms with Gasteiger partial charge in [-0.25, -0.2) is 0 Å². The average Bonchev–Trinajstić information content (AvgIpc) is 3.03. The lowest BCUT2D eigenvalue weighted by Gasteiger charge is -2.33. The highest BCUT2D eigenvalue weighted by Crippen LogP contribution is 2.35. The molecule has 1 aromatic carbocycles. The predicted molar refractivity (Wildman–Crippen MR) is 93.5 cm³/mol. The fourth-order valence-electron chi connectivity index (χ4n) is 3.80. The second-order valence-electron chi connectivity index (χ2n) is 6.71. The molecule has 0 radical (unpaired) electrons. The van der Waals surface area contributed by atoms with Gasteiger partial charge in [-0.1, -0.05) is 29.8 Å². The van der Waals surface area contributed by atoms with Crippen LogP contribution in [0, 0.1) is 5.92 Å². The molecule has 0 saturated carbocycles. The number of carbonyl (C=O) groups is 2. The maximum absolute atomic E-state index is 12.6. The molecule has 0 unspecified atom stereocenters. The van der Waals surface area contributed by atoms with Crippen molar-refractivity contribution in [2.45, 2.75) is 31.7 Å². The van der Waals surface area contributed by atoms with Crippen LogP contribution in [-0.2, 0) is 9.59 Å². The first-order valence-corrected chi connectivity index (χ1v) is 8.99. The molecule has 1 aromatic rings. The van der Waals surface area contributed by atoms with Crippen molar-refractivity contribution < 1.29 is 9.59 Å². The van der Waals surface area contributed by atoms with Crippen LogP contribution >= 0.6 is 11.6 Å². The minimum atomic E-state index is -0.250. The van der Waals surface area contributed by atoms with Gasteiger partial charge in [0, 0.05) is 30.1 Å². The minimum Gasteiger partial charge on any atom is -0.369 e. The fourth-order valence-corrected chi connectivity index (χ4v) is 4.06. The van der Waals surface area contributed by atoms with Gasteiger partial charge >= 0.3 is 0 Å². The molecule has 2 amide bonds. The van der Waals surface area contributed by atoms with Crippen LogP contribution in [0.5, 0.6) is 0 Å². The number of nitrogens with zero attached hydrogens (tertiary/aromatic N) is 2. The Morgan fingerprint density at radius 2 is 1.83 bits per heavy atom.